The maximum atomic E-state index is 13.3. The van der Waals surface area contributed by atoms with Gasteiger partial charge in [0, 0.05) is 22.7 Å². The minimum absolute atomic E-state index is 0. The van der Waals surface area contributed by atoms with Gasteiger partial charge in [-0.2, -0.15) is 0 Å². The molecule has 0 aromatic heterocycles. The van der Waals surface area contributed by atoms with Crippen LogP contribution >= 0.6 is 28.3 Å². The molecule has 0 saturated heterocycles. The van der Waals surface area contributed by atoms with Crippen molar-refractivity contribution in [3.05, 3.63) is 33.8 Å². The quantitative estimate of drug-likeness (QED) is 0.901. The number of halogens is 4. The molecule has 15 heavy (non-hydrogen) atoms. The average molecular weight is 303 g/mol. The average Bonchev–Trinajstić information content (AvgIpc) is 2.01. The molecule has 1 aromatic carbocycles. The number of nitrogens with two attached hydrogens (primary N) is 1. The van der Waals surface area contributed by atoms with Crippen molar-refractivity contribution in [3.63, 3.8) is 0 Å². The van der Waals surface area contributed by atoms with Crippen LogP contribution in [0, 0.1) is 11.6 Å². The first-order chi connectivity index (χ1) is 6.56. The first-order valence-electron chi connectivity index (χ1n) is 4.07. The summed E-state index contributed by atoms with van der Waals surface area (Å²) in [6.07, 6.45) is 0.134. The summed E-state index contributed by atoms with van der Waals surface area (Å²) < 4.78 is 26.8. The van der Waals surface area contributed by atoms with Crippen LogP contribution in [0.2, 0.25) is 0 Å². The van der Waals surface area contributed by atoms with Crippen molar-refractivity contribution in [2.45, 2.75) is 12.5 Å². The van der Waals surface area contributed by atoms with Crippen LogP contribution in [0.4, 0.5) is 8.78 Å². The zero-order valence-corrected chi connectivity index (χ0v) is 10.1. The summed E-state index contributed by atoms with van der Waals surface area (Å²) in [4.78, 5) is 0. The van der Waals surface area contributed by atoms with Gasteiger partial charge in [0.25, 0.3) is 0 Å². The van der Waals surface area contributed by atoms with E-state index in [4.69, 9.17) is 10.8 Å². The first-order valence-corrected chi connectivity index (χ1v) is 4.86. The van der Waals surface area contributed by atoms with E-state index in [0.717, 1.165) is 12.1 Å². The lowest BCUT2D eigenvalue weighted by Crippen LogP contribution is -2.15. The van der Waals surface area contributed by atoms with Crippen molar-refractivity contribution in [2.75, 3.05) is 6.61 Å². The fraction of sp³-hybridized carbons (Fsp3) is 0.333. The van der Waals surface area contributed by atoms with Gasteiger partial charge in [0.05, 0.1) is 0 Å². The Bertz CT molecular complexity index is 315. The van der Waals surface area contributed by atoms with Crippen LogP contribution in [0.25, 0.3) is 0 Å². The van der Waals surface area contributed by atoms with Crippen LogP contribution in [0.15, 0.2) is 16.6 Å². The van der Waals surface area contributed by atoms with Gasteiger partial charge in [-0.15, -0.1) is 12.4 Å². The Hall–Kier alpha value is -0.230. The van der Waals surface area contributed by atoms with E-state index in [2.05, 4.69) is 15.9 Å². The molecule has 2 nitrogen and oxygen atoms in total. The minimum atomic E-state index is -0.812. The van der Waals surface area contributed by atoms with E-state index in [-0.39, 0.29) is 31.0 Å². The number of benzene rings is 1. The SMILES string of the molecule is Cl.NC(CCO)c1c(F)cc(Br)cc1F. The van der Waals surface area contributed by atoms with Gasteiger partial charge in [-0.05, 0) is 18.6 Å². The Morgan fingerprint density at radius 1 is 1.33 bits per heavy atom. The molecule has 0 bridgehead atoms. The smallest absolute Gasteiger partial charge is 0.132 e. The van der Waals surface area contributed by atoms with E-state index < -0.39 is 17.7 Å². The molecular formula is C9H11BrClF2NO. The molecule has 0 aliphatic carbocycles. The third-order valence-electron chi connectivity index (χ3n) is 1.85. The second-order valence-electron chi connectivity index (χ2n) is 2.90. The third-order valence-corrected chi connectivity index (χ3v) is 2.31. The maximum absolute atomic E-state index is 13.3. The van der Waals surface area contributed by atoms with Gasteiger partial charge in [-0.25, -0.2) is 8.78 Å². The second-order valence-corrected chi connectivity index (χ2v) is 3.82. The Labute approximate surface area is 101 Å². The second kappa shape index (κ2) is 6.37. The summed E-state index contributed by atoms with van der Waals surface area (Å²) in [7, 11) is 0. The van der Waals surface area contributed by atoms with Crippen LogP contribution in [0.5, 0.6) is 0 Å². The molecule has 0 spiro atoms. The Morgan fingerprint density at radius 3 is 2.20 bits per heavy atom. The van der Waals surface area contributed by atoms with Crippen molar-refractivity contribution in [1.29, 1.82) is 0 Å². The van der Waals surface area contributed by atoms with Gasteiger partial charge in [-0.3, -0.25) is 0 Å². The summed E-state index contributed by atoms with van der Waals surface area (Å²) in [5.41, 5.74) is 5.32. The van der Waals surface area contributed by atoms with E-state index >= 15 is 0 Å². The van der Waals surface area contributed by atoms with Gasteiger partial charge >= 0.3 is 0 Å². The zero-order valence-electron chi connectivity index (χ0n) is 7.71. The van der Waals surface area contributed by atoms with E-state index in [1.807, 2.05) is 0 Å². The highest BCUT2D eigenvalue weighted by molar-refractivity contribution is 9.10. The predicted octanol–water partition coefficient (Wildman–Crippen LogP) is 2.53. The summed E-state index contributed by atoms with van der Waals surface area (Å²) in [6, 6.07) is 1.48. The molecule has 0 saturated carbocycles. The number of aliphatic hydroxyl groups is 1. The minimum Gasteiger partial charge on any atom is -0.396 e. The van der Waals surface area contributed by atoms with Crippen LogP contribution < -0.4 is 5.73 Å². The van der Waals surface area contributed by atoms with E-state index in [1.54, 1.807) is 0 Å². The van der Waals surface area contributed by atoms with Crippen molar-refractivity contribution in [2.24, 2.45) is 5.73 Å². The number of rotatable bonds is 3. The molecule has 3 N–H and O–H groups in total. The highest BCUT2D eigenvalue weighted by Gasteiger charge is 2.16. The van der Waals surface area contributed by atoms with Gasteiger partial charge in [0.2, 0.25) is 0 Å². The van der Waals surface area contributed by atoms with Gasteiger partial charge in [-0.1, -0.05) is 15.9 Å². The van der Waals surface area contributed by atoms with Gasteiger partial charge in [0.15, 0.2) is 0 Å². The highest BCUT2D eigenvalue weighted by atomic mass is 79.9. The van der Waals surface area contributed by atoms with E-state index in [9.17, 15) is 8.78 Å². The molecule has 1 atom stereocenters. The fourth-order valence-electron chi connectivity index (χ4n) is 1.19. The molecule has 0 aliphatic heterocycles. The van der Waals surface area contributed by atoms with E-state index in [0.29, 0.717) is 4.47 Å². The highest BCUT2D eigenvalue weighted by Crippen LogP contribution is 2.24. The zero-order chi connectivity index (χ0) is 10.7. The molecular weight excluding hydrogens is 291 g/mol. The summed E-state index contributed by atoms with van der Waals surface area (Å²) in [5.74, 6) is -1.39. The first kappa shape index (κ1) is 14.8. The number of hydrogen-bond acceptors (Lipinski definition) is 2. The Kier molecular flexibility index (Phi) is 6.28. The lowest BCUT2D eigenvalue weighted by molar-refractivity contribution is 0.274. The number of hydrogen-bond donors (Lipinski definition) is 2. The lowest BCUT2D eigenvalue weighted by atomic mass is 10.0. The normalized spacial score (nSPS) is 12.1. The predicted molar refractivity (Wildman–Crippen MR) is 59.9 cm³/mol. The molecule has 0 heterocycles. The number of aliphatic hydroxyl groups excluding tert-OH is 1. The standard InChI is InChI=1S/C9H10BrF2NO.ClH/c10-5-3-6(11)9(7(12)4-5)8(13)1-2-14;/h3-4,8,14H,1-2,13H2;1H. The van der Waals surface area contributed by atoms with Crippen LogP contribution in [0.3, 0.4) is 0 Å². The van der Waals surface area contributed by atoms with Crippen LogP contribution in [0.1, 0.15) is 18.0 Å². The fourth-order valence-corrected chi connectivity index (χ4v) is 1.59. The van der Waals surface area contributed by atoms with Crippen LogP contribution in [-0.4, -0.2) is 11.7 Å². The maximum Gasteiger partial charge on any atom is 0.132 e. The van der Waals surface area contributed by atoms with E-state index in [1.165, 1.54) is 0 Å². The molecule has 0 radical (unpaired) electrons. The summed E-state index contributed by atoms with van der Waals surface area (Å²) >= 11 is 2.97. The van der Waals surface area contributed by atoms with Crippen molar-refractivity contribution in [1.82, 2.24) is 0 Å². The van der Waals surface area contributed by atoms with Gasteiger partial charge < -0.3 is 10.8 Å². The topological polar surface area (TPSA) is 46.2 Å². The Balaban J connectivity index is 0.00000196. The van der Waals surface area contributed by atoms with Crippen LogP contribution in [-0.2, 0) is 0 Å². The van der Waals surface area contributed by atoms with Crippen molar-refractivity contribution in [3.8, 4) is 0 Å². The molecule has 0 fully saturated rings. The largest absolute Gasteiger partial charge is 0.396 e. The summed E-state index contributed by atoms with van der Waals surface area (Å²) in [5, 5.41) is 8.60. The van der Waals surface area contributed by atoms with Gasteiger partial charge in [0.1, 0.15) is 11.6 Å². The third kappa shape index (κ3) is 3.68. The molecule has 0 amide bonds. The molecule has 6 heteroatoms. The molecule has 1 aromatic rings. The summed E-state index contributed by atoms with van der Waals surface area (Å²) in [6.45, 7) is -0.198. The molecule has 0 aliphatic rings. The molecule has 1 unspecified atom stereocenters. The Morgan fingerprint density at radius 2 is 1.80 bits per heavy atom. The monoisotopic (exact) mass is 301 g/mol. The molecule has 86 valence electrons. The molecule has 1 rings (SSSR count). The van der Waals surface area contributed by atoms with Crippen molar-refractivity contribution < 1.29 is 13.9 Å². The van der Waals surface area contributed by atoms with Crippen molar-refractivity contribution >= 4 is 28.3 Å². The lowest BCUT2D eigenvalue weighted by Gasteiger charge is -2.12.